The molecule has 0 aliphatic carbocycles. The number of ether oxygens (including phenoxy) is 7. The Morgan fingerprint density at radius 2 is 1.74 bits per heavy atom. The third kappa shape index (κ3) is 10.6. The van der Waals surface area contributed by atoms with E-state index in [1.807, 2.05) is 53.8 Å². The van der Waals surface area contributed by atoms with Gasteiger partial charge in [-0.15, -0.1) is 0 Å². The normalized spacial score (nSPS) is 39.2. The van der Waals surface area contributed by atoms with Crippen LogP contribution in [0.1, 0.15) is 100 Å². The van der Waals surface area contributed by atoms with Crippen molar-refractivity contribution in [3.05, 3.63) is 34.9 Å². The lowest BCUT2D eigenvalue weighted by atomic mass is 9.73. The number of esters is 2. The number of carbonyl (C=O) groups excluding carboxylic acids is 4. The van der Waals surface area contributed by atoms with Gasteiger partial charge < -0.3 is 38.3 Å². The number of amides is 1. The number of hydrogen-bond acceptors (Lipinski definition) is 13. The quantitative estimate of drug-likeness (QED) is 0.197. The van der Waals surface area contributed by atoms with Crippen molar-refractivity contribution < 1.29 is 57.4 Å². The fourth-order valence-corrected chi connectivity index (χ4v) is 10.3. The number of rotatable bonds is 11. The monoisotopic (exact) mass is 878 g/mol. The highest BCUT2D eigenvalue weighted by atomic mass is 35.5. The van der Waals surface area contributed by atoms with Gasteiger partial charge in [0.2, 0.25) is 0 Å². The summed E-state index contributed by atoms with van der Waals surface area (Å²) in [7, 11) is 3.49. The number of benzene rings is 1. The number of aliphatic hydroxyl groups is 1. The summed E-state index contributed by atoms with van der Waals surface area (Å²) in [5.74, 6) is -5.17. The van der Waals surface area contributed by atoms with Crippen LogP contribution >= 0.6 is 11.6 Å². The highest BCUT2D eigenvalue weighted by Gasteiger charge is 2.60. The molecule has 0 saturated carbocycles. The lowest BCUT2D eigenvalue weighted by molar-refractivity contribution is -0.303. The van der Waals surface area contributed by atoms with Crippen molar-refractivity contribution in [3.8, 4) is 0 Å². The highest BCUT2D eigenvalue weighted by Crippen LogP contribution is 2.44. The van der Waals surface area contributed by atoms with Gasteiger partial charge in [-0.3, -0.25) is 24.2 Å². The van der Waals surface area contributed by atoms with Gasteiger partial charge in [0.1, 0.15) is 24.1 Å². The fraction of sp³-hybridized carbons (Fsp3) is 0.783. The average molecular weight is 880 g/mol. The van der Waals surface area contributed by atoms with Crippen molar-refractivity contribution >= 4 is 35.4 Å². The molecule has 15 heteroatoms. The molecule has 1 aromatic rings. The van der Waals surface area contributed by atoms with Crippen LogP contribution in [0.25, 0.3) is 0 Å². The minimum atomic E-state index is -1.43. The lowest BCUT2D eigenvalue weighted by Gasteiger charge is -2.49. The highest BCUT2D eigenvalue weighted by molar-refractivity contribution is 6.30. The van der Waals surface area contributed by atoms with Gasteiger partial charge >= 0.3 is 18.0 Å². The number of methoxy groups -OCH3 is 1. The topological polar surface area (TPSA) is 160 Å². The van der Waals surface area contributed by atoms with Crippen LogP contribution < -0.4 is 0 Å². The third-order valence-electron chi connectivity index (χ3n) is 14.1. The molecule has 4 aliphatic heterocycles. The number of aliphatic hydroxyl groups excluding tert-OH is 1. The maximum atomic E-state index is 14.9. The Morgan fingerprint density at radius 3 is 2.33 bits per heavy atom. The van der Waals surface area contributed by atoms with E-state index in [1.165, 1.54) is 7.11 Å². The summed E-state index contributed by atoms with van der Waals surface area (Å²) in [5.41, 5.74) is -1.77. The molecule has 0 radical (unpaired) electrons. The Bertz CT molecular complexity index is 1680. The fourth-order valence-electron chi connectivity index (χ4n) is 10.2. The minimum absolute atomic E-state index is 0.120. The molecular weight excluding hydrogens is 808 g/mol. The van der Waals surface area contributed by atoms with Gasteiger partial charge in [0.15, 0.2) is 11.9 Å². The van der Waals surface area contributed by atoms with Gasteiger partial charge in [-0.25, -0.2) is 4.79 Å². The van der Waals surface area contributed by atoms with E-state index in [-0.39, 0.29) is 50.0 Å². The Hall–Kier alpha value is -2.85. The zero-order valence-corrected chi connectivity index (χ0v) is 39.0. The molecule has 1 N–H and O–H groups in total. The molecule has 1 unspecified atom stereocenters. The van der Waals surface area contributed by atoms with Crippen LogP contribution in [-0.4, -0.2) is 139 Å². The number of likely N-dealkylation sites (N-methyl/N-ethyl adjacent to an activating group) is 1. The first-order chi connectivity index (χ1) is 28.7. The van der Waals surface area contributed by atoms with Crippen molar-refractivity contribution in [1.82, 2.24) is 9.80 Å². The standard InChI is InChI=1S/C46H71ClN2O12/c1-13-35-46(10)39(49(44(54)61-46)20-18-31-14-16-33(47)17-15-31)28(6)36(50)26(4)23-45(9,55-12)40(60-43-37(51)34(22-27(5)57-43)48(11)25(2)3)29(7)38(30(8)41(52)58-35)59-42(53)32-19-21-56-24-32/h14-17,25-30,32,34-35,37-40,43,51H,13,18-24H2,1-12H3/t26-,27-,28+,29+,30-,32?,34+,35-,37-,38+,39-,40-,43+,45+,46-/m1/s1. The summed E-state index contributed by atoms with van der Waals surface area (Å²) >= 11 is 6.15. The van der Waals surface area contributed by atoms with Crippen molar-refractivity contribution in [3.63, 3.8) is 0 Å². The second-order valence-electron chi connectivity index (χ2n) is 18.7. The van der Waals surface area contributed by atoms with E-state index >= 15 is 0 Å². The Balaban J connectivity index is 1.60. The van der Waals surface area contributed by atoms with Crippen LogP contribution in [0.15, 0.2) is 24.3 Å². The van der Waals surface area contributed by atoms with Gasteiger partial charge in [0.25, 0.3) is 0 Å². The predicted octanol–water partition coefficient (Wildman–Crippen LogP) is 6.24. The summed E-state index contributed by atoms with van der Waals surface area (Å²) < 4.78 is 44.1. The number of halogens is 1. The maximum absolute atomic E-state index is 14.9. The smallest absolute Gasteiger partial charge is 0.410 e. The predicted molar refractivity (Wildman–Crippen MR) is 228 cm³/mol. The molecule has 0 aromatic heterocycles. The van der Waals surface area contributed by atoms with E-state index in [2.05, 4.69) is 18.7 Å². The number of fused-ring (bicyclic) bond motifs is 1. The summed E-state index contributed by atoms with van der Waals surface area (Å²) in [6.07, 6.45) is -4.35. The summed E-state index contributed by atoms with van der Waals surface area (Å²) in [5, 5.41) is 12.5. The van der Waals surface area contributed by atoms with Crippen LogP contribution in [0.2, 0.25) is 5.02 Å². The molecule has 1 amide bonds. The molecule has 0 bridgehead atoms. The van der Waals surface area contributed by atoms with Crippen LogP contribution in [0.4, 0.5) is 4.79 Å². The van der Waals surface area contributed by atoms with E-state index < -0.39 is 95.6 Å². The van der Waals surface area contributed by atoms with Gasteiger partial charge in [-0.2, -0.15) is 0 Å². The van der Waals surface area contributed by atoms with Crippen LogP contribution in [-0.2, 0) is 54.0 Å². The second-order valence-corrected chi connectivity index (χ2v) is 19.2. The SMILES string of the molecule is CC[C@H]1OC(=O)[C@H](C)[C@@H](OC(=O)C2CCOC2)[C@H](C)[C@@H](O[C@@H]2O[C@H](C)C[C@H](N(C)C(C)C)[C@H]2O)[C@@](C)(OC)C[C@@H](C)C(=O)[C@H](C)[C@H]2N(CCc3ccc(Cl)cc3)C(=O)O[C@]12C. The molecule has 4 fully saturated rings. The van der Waals surface area contributed by atoms with Gasteiger partial charge in [0.05, 0.1) is 42.3 Å². The number of Topliss-reactive ketones (excluding diaryl/α,β-unsaturated/α-hetero) is 1. The molecule has 61 heavy (non-hydrogen) atoms. The van der Waals surface area contributed by atoms with E-state index in [0.717, 1.165) is 5.56 Å². The van der Waals surface area contributed by atoms with Crippen molar-refractivity contribution in [2.75, 3.05) is 33.9 Å². The van der Waals surface area contributed by atoms with E-state index in [1.54, 1.807) is 37.8 Å². The molecule has 0 spiro atoms. The lowest BCUT2D eigenvalue weighted by Crippen LogP contribution is -2.61. The molecule has 4 saturated heterocycles. The van der Waals surface area contributed by atoms with Crippen LogP contribution in [0.3, 0.4) is 0 Å². The van der Waals surface area contributed by atoms with Crippen LogP contribution in [0, 0.1) is 29.6 Å². The number of carbonyl (C=O) groups is 4. The molecule has 4 heterocycles. The first-order valence-electron chi connectivity index (χ1n) is 22.2. The first kappa shape index (κ1) is 49.2. The number of ketones is 1. The number of hydrogen-bond donors (Lipinski definition) is 1. The van der Waals surface area contributed by atoms with Gasteiger partial charge in [-0.05, 0) is 98.4 Å². The average Bonchev–Trinajstić information content (AvgIpc) is 3.86. The molecule has 14 nitrogen and oxygen atoms in total. The molecular formula is C46H71ClN2O12. The van der Waals surface area contributed by atoms with E-state index in [4.69, 9.17) is 44.8 Å². The molecule has 15 atom stereocenters. The van der Waals surface area contributed by atoms with Crippen molar-refractivity contribution in [2.45, 2.75) is 167 Å². The maximum Gasteiger partial charge on any atom is 0.410 e. The minimum Gasteiger partial charge on any atom is -0.461 e. The zero-order valence-electron chi connectivity index (χ0n) is 38.3. The number of cyclic esters (lactones) is 1. The zero-order chi connectivity index (χ0) is 45.1. The second kappa shape index (κ2) is 20.3. The molecule has 5 rings (SSSR count). The molecule has 1 aromatic carbocycles. The molecule has 4 aliphatic rings. The molecule has 344 valence electrons. The van der Waals surface area contributed by atoms with Crippen LogP contribution in [0.5, 0.6) is 0 Å². The Kier molecular flexibility index (Phi) is 16.4. The Morgan fingerprint density at radius 1 is 1.07 bits per heavy atom. The largest absolute Gasteiger partial charge is 0.461 e. The Labute approximate surface area is 367 Å². The first-order valence-corrected chi connectivity index (χ1v) is 22.6. The van der Waals surface area contributed by atoms with E-state index in [9.17, 15) is 24.3 Å². The summed E-state index contributed by atoms with van der Waals surface area (Å²) in [6, 6.07) is 6.34. The third-order valence-corrected chi connectivity index (χ3v) is 14.3. The number of nitrogens with zero attached hydrogens (tertiary/aromatic N) is 2. The van der Waals surface area contributed by atoms with Crippen molar-refractivity contribution in [1.29, 1.82) is 0 Å². The summed E-state index contributed by atoms with van der Waals surface area (Å²) in [4.78, 5) is 61.1. The summed E-state index contributed by atoms with van der Waals surface area (Å²) in [6.45, 7) is 19.3. The van der Waals surface area contributed by atoms with Gasteiger partial charge in [-0.1, -0.05) is 51.4 Å². The van der Waals surface area contributed by atoms with Crippen molar-refractivity contribution in [2.24, 2.45) is 29.6 Å². The van der Waals surface area contributed by atoms with E-state index in [0.29, 0.717) is 30.9 Å². The van der Waals surface area contributed by atoms with Gasteiger partial charge in [0, 0.05) is 55.1 Å².